The van der Waals surface area contributed by atoms with Crippen molar-refractivity contribution in [1.82, 2.24) is 0 Å². The van der Waals surface area contributed by atoms with Crippen molar-refractivity contribution in [2.75, 3.05) is 5.32 Å². The van der Waals surface area contributed by atoms with Crippen LogP contribution >= 0.6 is 0 Å². The summed E-state index contributed by atoms with van der Waals surface area (Å²) in [6, 6.07) is 5.80. The highest BCUT2D eigenvalue weighted by Gasteiger charge is 2.22. The van der Waals surface area contributed by atoms with Crippen molar-refractivity contribution >= 4 is 17.4 Å². The molecule has 1 amide bonds. The smallest absolute Gasteiger partial charge is 0.224 e. The standard InChI is InChI=1S/C18H23NO2/c20-17-9-5-8-14-12-15(10-11-16(14)19-17)18(21)13-6-3-1-2-4-7-13/h10-13H,1-9H2,(H,19,20). The number of anilines is 1. The molecule has 0 bridgehead atoms. The molecule has 1 aliphatic heterocycles. The van der Waals surface area contributed by atoms with Crippen molar-refractivity contribution in [3.8, 4) is 0 Å². The first-order chi connectivity index (χ1) is 10.2. The summed E-state index contributed by atoms with van der Waals surface area (Å²) in [5.74, 6) is 0.581. The van der Waals surface area contributed by atoms with Crippen molar-refractivity contribution in [2.24, 2.45) is 5.92 Å². The van der Waals surface area contributed by atoms with E-state index >= 15 is 0 Å². The first-order valence-corrected chi connectivity index (χ1v) is 8.21. The van der Waals surface area contributed by atoms with Gasteiger partial charge in [-0.3, -0.25) is 9.59 Å². The molecule has 1 heterocycles. The summed E-state index contributed by atoms with van der Waals surface area (Å²) in [6.45, 7) is 0. The van der Waals surface area contributed by atoms with Gasteiger partial charge in [0.15, 0.2) is 5.78 Å². The molecule has 1 N–H and O–H groups in total. The van der Waals surface area contributed by atoms with E-state index in [1.165, 1.54) is 25.7 Å². The van der Waals surface area contributed by atoms with Crippen molar-refractivity contribution < 1.29 is 9.59 Å². The molecule has 3 rings (SSSR count). The maximum Gasteiger partial charge on any atom is 0.224 e. The van der Waals surface area contributed by atoms with Crippen LogP contribution in [-0.4, -0.2) is 11.7 Å². The number of ketones is 1. The Hall–Kier alpha value is -1.64. The summed E-state index contributed by atoms with van der Waals surface area (Å²) in [6.07, 6.45) is 9.26. The second kappa shape index (κ2) is 6.42. The van der Waals surface area contributed by atoms with Crippen molar-refractivity contribution in [3.05, 3.63) is 29.3 Å². The van der Waals surface area contributed by atoms with E-state index in [1.807, 2.05) is 18.2 Å². The van der Waals surface area contributed by atoms with E-state index in [-0.39, 0.29) is 11.8 Å². The molecule has 1 aromatic rings. The zero-order valence-electron chi connectivity index (χ0n) is 12.5. The Morgan fingerprint density at radius 1 is 1.00 bits per heavy atom. The lowest BCUT2D eigenvalue weighted by molar-refractivity contribution is -0.116. The minimum atomic E-state index is 0.0802. The van der Waals surface area contributed by atoms with E-state index in [9.17, 15) is 9.59 Å². The fourth-order valence-electron chi connectivity index (χ4n) is 3.51. The number of aryl methyl sites for hydroxylation is 1. The van der Waals surface area contributed by atoms with Gasteiger partial charge >= 0.3 is 0 Å². The van der Waals surface area contributed by atoms with Crippen LogP contribution in [0.2, 0.25) is 0 Å². The van der Waals surface area contributed by atoms with Crippen LogP contribution in [0, 0.1) is 5.92 Å². The van der Waals surface area contributed by atoms with Crippen molar-refractivity contribution in [3.63, 3.8) is 0 Å². The van der Waals surface area contributed by atoms with Crippen LogP contribution in [0.3, 0.4) is 0 Å². The first-order valence-electron chi connectivity index (χ1n) is 8.21. The molecule has 2 aliphatic rings. The van der Waals surface area contributed by atoms with E-state index < -0.39 is 0 Å². The van der Waals surface area contributed by atoms with Crippen LogP contribution < -0.4 is 5.32 Å². The Kier molecular flexibility index (Phi) is 4.37. The van der Waals surface area contributed by atoms with E-state index in [1.54, 1.807) is 0 Å². The lowest BCUT2D eigenvalue weighted by Gasteiger charge is -2.14. The van der Waals surface area contributed by atoms with Crippen LogP contribution in [0.1, 0.15) is 67.3 Å². The molecule has 112 valence electrons. The molecule has 1 saturated carbocycles. The fourth-order valence-corrected chi connectivity index (χ4v) is 3.51. The highest BCUT2D eigenvalue weighted by molar-refractivity contribution is 5.99. The van der Waals surface area contributed by atoms with Gasteiger partial charge < -0.3 is 5.32 Å². The second-order valence-electron chi connectivity index (χ2n) is 6.33. The molecular weight excluding hydrogens is 262 g/mol. The third kappa shape index (κ3) is 3.34. The van der Waals surface area contributed by atoms with Crippen molar-refractivity contribution in [2.45, 2.75) is 57.8 Å². The number of benzene rings is 1. The summed E-state index contributed by atoms with van der Waals surface area (Å²) in [7, 11) is 0. The quantitative estimate of drug-likeness (QED) is 0.656. The van der Waals surface area contributed by atoms with E-state index in [0.29, 0.717) is 12.2 Å². The molecule has 1 aliphatic carbocycles. The number of fused-ring (bicyclic) bond motifs is 1. The predicted octanol–water partition coefficient (Wildman–Crippen LogP) is 4.11. The summed E-state index contributed by atoms with van der Waals surface area (Å²) < 4.78 is 0. The molecule has 1 aromatic carbocycles. The number of carbonyl (C=O) groups is 2. The van der Waals surface area contributed by atoms with Crippen LogP contribution in [0.5, 0.6) is 0 Å². The minimum absolute atomic E-state index is 0.0802. The topological polar surface area (TPSA) is 46.2 Å². The molecule has 0 atom stereocenters. The van der Waals surface area contributed by atoms with Gasteiger partial charge in [-0.25, -0.2) is 0 Å². The molecule has 21 heavy (non-hydrogen) atoms. The van der Waals surface area contributed by atoms with Gasteiger partial charge in [-0.2, -0.15) is 0 Å². The van der Waals surface area contributed by atoms with Gasteiger partial charge in [-0.05, 0) is 49.4 Å². The summed E-state index contributed by atoms with van der Waals surface area (Å²) in [4.78, 5) is 24.3. The largest absolute Gasteiger partial charge is 0.326 e. The Balaban J connectivity index is 1.80. The molecule has 0 saturated heterocycles. The van der Waals surface area contributed by atoms with Gasteiger partial charge in [0, 0.05) is 23.6 Å². The number of rotatable bonds is 2. The maximum absolute atomic E-state index is 12.7. The van der Waals surface area contributed by atoms with Gasteiger partial charge in [-0.15, -0.1) is 0 Å². The summed E-state index contributed by atoms with van der Waals surface area (Å²) in [5, 5.41) is 2.93. The lowest BCUT2D eigenvalue weighted by Crippen LogP contribution is -2.15. The van der Waals surface area contributed by atoms with Crippen LogP contribution in [-0.2, 0) is 11.2 Å². The van der Waals surface area contributed by atoms with Gasteiger partial charge in [0.05, 0.1) is 0 Å². The summed E-state index contributed by atoms with van der Waals surface area (Å²) in [5.41, 5.74) is 2.83. The van der Waals surface area contributed by atoms with Gasteiger partial charge in [0.1, 0.15) is 0 Å². The van der Waals surface area contributed by atoms with Gasteiger partial charge in [0.25, 0.3) is 0 Å². The molecule has 3 nitrogen and oxygen atoms in total. The molecule has 3 heteroatoms. The number of nitrogens with one attached hydrogen (secondary N) is 1. The number of hydrogen-bond acceptors (Lipinski definition) is 2. The molecule has 0 radical (unpaired) electrons. The first kappa shape index (κ1) is 14.3. The second-order valence-corrected chi connectivity index (χ2v) is 6.33. The van der Waals surface area contributed by atoms with Crippen LogP contribution in [0.15, 0.2) is 18.2 Å². The molecule has 1 fully saturated rings. The number of carbonyl (C=O) groups excluding carboxylic acids is 2. The maximum atomic E-state index is 12.7. The van der Waals surface area contributed by atoms with Crippen molar-refractivity contribution in [1.29, 1.82) is 0 Å². The SMILES string of the molecule is O=C1CCCc2cc(C(=O)C3CCCCCC3)ccc2N1. The Bertz CT molecular complexity index is 542. The van der Waals surface area contributed by atoms with E-state index in [0.717, 1.165) is 42.5 Å². The molecular formula is C18H23NO2. The Morgan fingerprint density at radius 2 is 1.76 bits per heavy atom. The fraction of sp³-hybridized carbons (Fsp3) is 0.556. The van der Waals surface area contributed by atoms with E-state index in [4.69, 9.17) is 0 Å². The highest BCUT2D eigenvalue weighted by atomic mass is 16.1. The average Bonchev–Trinajstić information content (AvgIpc) is 2.85. The number of Topliss-reactive ketones (excluding diaryl/α,β-unsaturated/α-hetero) is 1. The van der Waals surface area contributed by atoms with E-state index in [2.05, 4.69) is 5.32 Å². The molecule has 0 spiro atoms. The predicted molar refractivity (Wildman–Crippen MR) is 83.5 cm³/mol. The Labute approximate surface area is 126 Å². The van der Waals surface area contributed by atoms with Gasteiger partial charge in [-0.1, -0.05) is 25.7 Å². The van der Waals surface area contributed by atoms with Crippen LogP contribution in [0.25, 0.3) is 0 Å². The average molecular weight is 285 g/mol. The number of hydrogen-bond donors (Lipinski definition) is 1. The normalized spacial score (nSPS) is 20.1. The lowest BCUT2D eigenvalue weighted by atomic mass is 9.90. The summed E-state index contributed by atoms with van der Waals surface area (Å²) >= 11 is 0. The highest BCUT2D eigenvalue weighted by Crippen LogP contribution is 2.29. The molecule has 0 aromatic heterocycles. The zero-order chi connectivity index (χ0) is 14.7. The third-order valence-electron chi connectivity index (χ3n) is 4.74. The monoisotopic (exact) mass is 285 g/mol. The third-order valence-corrected chi connectivity index (χ3v) is 4.74. The number of amides is 1. The Morgan fingerprint density at radius 3 is 2.52 bits per heavy atom. The molecule has 0 unspecified atom stereocenters. The van der Waals surface area contributed by atoms with Crippen LogP contribution in [0.4, 0.5) is 5.69 Å². The zero-order valence-corrected chi connectivity index (χ0v) is 12.5. The van der Waals surface area contributed by atoms with Gasteiger partial charge in [0.2, 0.25) is 5.91 Å². The minimum Gasteiger partial charge on any atom is -0.326 e.